The Bertz CT molecular complexity index is 525. The maximum Gasteiger partial charge on any atom is 0.317 e. The number of sulfonamides is 1. The predicted octanol–water partition coefficient (Wildman–Crippen LogP) is 0.396. The Morgan fingerprint density at radius 1 is 1.19 bits per heavy atom. The van der Waals surface area contributed by atoms with Gasteiger partial charge in [0.15, 0.2) is 0 Å². The summed E-state index contributed by atoms with van der Waals surface area (Å²) < 4.78 is 36.7. The number of amides is 1. The summed E-state index contributed by atoms with van der Waals surface area (Å²) in [5.41, 5.74) is 0. The highest BCUT2D eigenvalue weighted by molar-refractivity contribution is 7.90. The minimum Gasteiger partial charge on any atom is -0.270 e. The molecule has 1 rings (SSSR count). The first-order valence-corrected chi connectivity index (χ1v) is 5.71. The molecule has 0 aliphatic carbocycles. The van der Waals surface area contributed by atoms with Crippen molar-refractivity contribution in [1.29, 1.82) is 0 Å². The Labute approximate surface area is 95.3 Å². The van der Waals surface area contributed by atoms with Crippen LogP contribution >= 0.6 is 11.6 Å². The molecule has 0 aliphatic rings. The molecule has 86 valence electrons. The number of nitrogens with one attached hydrogen (secondary N) is 1. The maximum absolute atomic E-state index is 12.5. The molecule has 1 aromatic carbocycles. The summed E-state index contributed by atoms with van der Waals surface area (Å²) in [5, 5.41) is -1.45. The third-order valence-corrected chi connectivity index (χ3v) is 3.05. The van der Waals surface area contributed by atoms with Crippen LogP contribution in [0.3, 0.4) is 0 Å². The number of hydrogen-bond donors (Lipinski definition) is 1. The molecule has 0 aromatic heterocycles. The average Bonchev–Trinajstić information content (AvgIpc) is 2.17. The minimum absolute atomic E-state index is 0.347. The van der Waals surface area contributed by atoms with Crippen LogP contribution in [0.1, 0.15) is 0 Å². The van der Waals surface area contributed by atoms with Gasteiger partial charge in [-0.3, -0.25) is 9.59 Å². The number of benzene rings is 1. The maximum atomic E-state index is 12.5. The van der Waals surface area contributed by atoms with E-state index in [1.807, 2.05) is 0 Å². The van der Waals surface area contributed by atoms with Crippen LogP contribution in [-0.4, -0.2) is 19.6 Å². The Hall–Kier alpha value is -1.47. The molecule has 0 heterocycles. The topological polar surface area (TPSA) is 80.3 Å². The van der Waals surface area contributed by atoms with Gasteiger partial charge in [-0.1, -0.05) is 0 Å². The van der Waals surface area contributed by atoms with Crippen molar-refractivity contribution in [3.05, 3.63) is 30.1 Å². The van der Waals surface area contributed by atoms with Crippen molar-refractivity contribution < 1.29 is 22.4 Å². The fourth-order valence-electron chi connectivity index (χ4n) is 0.835. The Morgan fingerprint density at radius 2 is 1.69 bits per heavy atom. The largest absolute Gasteiger partial charge is 0.317 e. The second kappa shape index (κ2) is 4.58. The van der Waals surface area contributed by atoms with Crippen LogP contribution in [-0.2, 0) is 19.6 Å². The SMILES string of the molecule is O=C(Cl)C(=O)NS(=O)(=O)c1ccc(F)cc1. The lowest BCUT2D eigenvalue weighted by molar-refractivity contribution is -0.132. The molecule has 8 heteroatoms. The zero-order valence-electron chi connectivity index (χ0n) is 7.61. The second-order valence-electron chi connectivity index (χ2n) is 2.66. The number of carbonyl (C=O) groups is 2. The summed E-state index contributed by atoms with van der Waals surface area (Å²) in [7, 11) is -4.19. The van der Waals surface area contributed by atoms with E-state index < -0.39 is 27.0 Å². The van der Waals surface area contributed by atoms with E-state index in [0.29, 0.717) is 0 Å². The molecule has 1 amide bonds. The first-order chi connectivity index (χ1) is 7.33. The quantitative estimate of drug-likeness (QED) is 0.633. The molecule has 0 saturated carbocycles. The van der Waals surface area contributed by atoms with Gasteiger partial charge < -0.3 is 0 Å². The van der Waals surface area contributed by atoms with Gasteiger partial charge in [0.05, 0.1) is 4.90 Å². The number of carbonyl (C=O) groups excluding carboxylic acids is 2. The number of halogens is 2. The van der Waals surface area contributed by atoms with E-state index in [1.54, 1.807) is 0 Å². The van der Waals surface area contributed by atoms with Crippen molar-refractivity contribution >= 4 is 32.8 Å². The summed E-state index contributed by atoms with van der Waals surface area (Å²) in [6.07, 6.45) is 0. The van der Waals surface area contributed by atoms with Gasteiger partial charge in [0.25, 0.3) is 10.0 Å². The third kappa shape index (κ3) is 3.01. The van der Waals surface area contributed by atoms with Gasteiger partial charge >= 0.3 is 11.1 Å². The molecule has 0 bridgehead atoms. The van der Waals surface area contributed by atoms with Crippen LogP contribution in [0.4, 0.5) is 4.39 Å². The summed E-state index contributed by atoms with van der Waals surface area (Å²) >= 11 is 4.77. The van der Waals surface area contributed by atoms with Crippen LogP contribution in [0.2, 0.25) is 0 Å². The van der Waals surface area contributed by atoms with E-state index in [2.05, 4.69) is 0 Å². The van der Waals surface area contributed by atoms with Crippen LogP contribution in [0.15, 0.2) is 29.2 Å². The van der Waals surface area contributed by atoms with Gasteiger partial charge in [-0.05, 0) is 35.9 Å². The van der Waals surface area contributed by atoms with Crippen molar-refractivity contribution in [3.8, 4) is 0 Å². The zero-order valence-corrected chi connectivity index (χ0v) is 9.18. The molecule has 0 saturated heterocycles. The molecule has 0 fully saturated rings. The van der Waals surface area contributed by atoms with Gasteiger partial charge in [-0.25, -0.2) is 17.5 Å². The van der Waals surface area contributed by atoms with Crippen LogP contribution in [0.25, 0.3) is 0 Å². The van der Waals surface area contributed by atoms with E-state index >= 15 is 0 Å². The lowest BCUT2D eigenvalue weighted by Gasteiger charge is -2.03. The first-order valence-electron chi connectivity index (χ1n) is 3.85. The molecular formula is C8H5ClFNO4S. The van der Waals surface area contributed by atoms with E-state index in [9.17, 15) is 22.4 Å². The van der Waals surface area contributed by atoms with Gasteiger partial charge in [-0.15, -0.1) is 0 Å². The van der Waals surface area contributed by atoms with Crippen LogP contribution in [0, 0.1) is 5.82 Å². The summed E-state index contributed by atoms with van der Waals surface area (Å²) in [6, 6.07) is 3.70. The number of rotatable bonds is 3. The lowest BCUT2D eigenvalue weighted by Crippen LogP contribution is -2.33. The normalized spacial score (nSPS) is 10.9. The predicted molar refractivity (Wildman–Crippen MR) is 52.6 cm³/mol. The molecule has 0 aliphatic heterocycles. The second-order valence-corrected chi connectivity index (χ2v) is 4.69. The van der Waals surface area contributed by atoms with Crippen molar-refractivity contribution in [2.24, 2.45) is 0 Å². The molecule has 1 aromatic rings. The molecule has 16 heavy (non-hydrogen) atoms. The fraction of sp³-hybridized carbons (Fsp3) is 0. The molecule has 0 spiro atoms. The van der Waals surface area contributed by atoms with E-state index in [-0.39, 0.29) is 4.90 Å². The molecule has 0 radical (unpaired) electrons. The summed E-state index contributed by atoms with van der Waals surface area (Å²) in [5.74, 6) is -2.09. The average molecular weight is 266 g/mol. The van der Waals surface area contributed by atoms with Crippen molar-refractivity contribution in [2.75, 3.05) is 0 Å². The molecule has 0 unspecified atom stereocenters. The molecule has 1 N–H and O–H groups in total. The van der Waals surface area contributed by atoms with Gasteiger partial charge in [0.1, 0.15) is 5.82 Å². The third-order valence-electron chi connectivity index (χ3n) is 1.53. The highest BCUT2D eigenvalue weighted by atomic mass is 35.5. The molecular weight excluding hydrogens is 261 g/mol. The van der Waals surface area contributed by atoms with Crippen LogP contribution in [0.5, 0.6) is 0 Å². The van der Waals surface area contributed by atoms with Crippen molar-refractivity contribution in [2.45, 2.75) is 4.90 Å². The van der Waals surface area contributed by atoms with Crippen molar-refractivity contribution in [3.63, 3.8) is 0 Å². The Morgan fingerprint density at radius 3 is 2.12 bits per heavy atom. The standard InChI is InChI=1S/C8H5ClFNO4S/c9-7(12)8(13)11-16(14,15)6-3-1-5(10)2-4-6/h1-4H,(H,11,13). The van der Waals surface area contributed by atoms with Crippen LogP contribution < -0.4 is 4.72 Å². The minimum atomic E-state index is -4.19. The van der Waals surface area contributed by atoms with E-state index in [0.717, 1.165) is 24.3 Å². The van der Waals surface area contributed by atoms with Crippen molar-refractivity contribution in [1.82, 2.24) is 4.72 Å². The van der Waals surface area contributed by atoms with E-state index in [4.69, 9.17) is 11.6 Å². The monoisotopic (exact) mass is 265 g/mol. The van der Waals surface area contributed by atoms with Gasteiger partial charge in [0.2, 0.25) is 0 Å². The molecule has 0 atom stereocenters. The molecule has 5 nitrogen and oxygen atoms in total. The summed E-state index contributed by atoms with van der Waals surface area (Å²) in [6.45, 7) is 0. The first kappa shape index (κ1) is 12.6. The lowest BCUT2D eigenvalue weighted by atomic mass is 10.4. The Kier molecular flexibility index (Phi) is 3.61. The highest BCUT2D eigenvalue weighted by Gasteiger charge is 2.21. The zero-order chi connectivity index (χ0) is 12.3. The highest BCUT2D eigenvalue weighted by Crippen LogP contribution is 2.09. The fourth-order valence-corrected chi connectivity index (χ4v) is 1.89. The van der Waals surface area contributed by atoms with Gasteiger partial charge in [0, 0.05) is 0 Å². The number of hydrogen-bond acceptors (Lipinski definition) is 4. The smallest absolute Gasteiger partial charge is 0.270 e. The van der Waals surface area contributed by atoms with E-state index in [1.165, 1.54) is 4.72 Å². The Balaban J connectivity index is 2.99. The summed E-state index contributed by atoms with van der Waals surface area (Å²) in [4.78, 5) is 20.7. The van der Waals surface area contributed by atoms with Gasteiger partial charge in [-0.2, -0.15) is 0 Å².